The molecule has 0 unspecified atom stereocenters. The Balaban J connectivity index is 1.90. The van der Waals surface area contributed by atoms with Crippen molar-refractivity contribution in [3.63, 3.8) is 0 Å². The molecule has 1 aromatic heterocycles. The number of nitrogens with zero attached hydrogens (tertiary/aromatic N) is 2. The molecule has 26 heavy (non-hydrogen) atoms. The van der Waals surface area contributed by atoms with Gasteiger partial charge in [-0.2, -0.15) is 0 Å². The molecule has 2 amide bonds. The molecule has 134 valence electrons. The lowest BCUT2D eigenvalue weighted by Crippen LogP contribution is -2.36. The van der Waals surface area contributed by atoms with E-state index in [1.54, 1.807) is 30.3 Å². The quantitative estimate of drug-likeness (QED) is 0.429. The largest absolute Gasteiger partial charge is 0.456 e. The molecule has 1 fully saturated rings. The maximum Gasteiger partial charge on any atom is 0.293 e. The van der Waals surface area contributed by atoms with Gasteiger partial charge in [0.05, 0.1) is 15.4 Å². The van der Waals surface area contributed by atoms with Crippen molar-refractivity contribution in [1.82, 2.24) is 4.90 Å². The number of rotatable bonds is 5. The zero-order valence-corrected chi connectivity index (χ0v) is 15.0. The van der Waals surface area contributed by atoms with Gasteiger partial charge >= 0.3 is 0 Å². The Kier molecular flexibility index (Phi) is 4.94. The average molecular weight is 372 g/mol. The summed E-state index contributed by atoms with van der Waals surface area (Å²) in [6.07, 6.45) is 2.17. The Morgan fingerprint density at radius 3 is 2.69 bits per heavy atom. The van der Waals surface area contributed by atoms with Gasteiger partial charge in [0.25, 0.3) is 16.8 Å². The van der Waals surface area contributed by atoms with Gasteiger partial charge in [0, 0.05) is 18.2 Å². The number of nitro groups is 1. The predicted molar refractivity (Wildman–Crippen MR) is 98.4 cm³/mol. The summed E-state index contributed by atoms with van der Waals surface area (Å²) >= 11 is 0.864. The lowest BCUT2D eigenvalue weighted by molar-refractivity contribution is -0.384. The van der Waals surface area contributed by atoms with Gasteiger partial charge in [-0.25, -0.2) is 0 Å². The van der Waals surface area contributed by atoms with Crippen LogP contribution in [0.4, 0.5) is 10.5 Å². The molecule has 1 aliphatic heterocycles. The van der Waals surface area contributed by atoms with Crippen LogP contribution in [0.25, 0.3) is 17.4 Å². The minimum atomic E-state index is -0.477. The maximum absolute atomic E-state index is 12.4. The summed E-state index contributed by atoms with van der Waals surface area (Å²) in [7, 11) is 0. The van der Waals surface area contributed by atoms with E-state index in [0.29, 0.717) is 23.5 Å². The van der Waals surface area contributed by atoms with Crippen LogP contribution in [0.3, 0.4) is 0 Å². The number of furan rings is 1. The van der Waals surface area contributed by atoms with Gasteiger partial charge in [-0.05, 0) is 43.3 Å². The lowest BCUT2D eigenvalue weighted by Gasteiger charge is -2.19. The van der Waals surface area contributed by atoms with Crippen LogP contribution < -0.4 is 0 Å². The van der Waals surface area contributed by atoms with Crippen LogP contribution in [-0.4, -0.2) is 27.0 Å². The van der Waals surface area contributed by atoms with Crippen LogP contribution in [0.2, 0.25) is 0 Å². The zero-order chi connectivity index (χ0) is 18.8. The Morgan fingerprint density at radius 1 is 1.27 bits per heavy atom. The maximum atomic E-state index is 12.4. The van der Waals surface area contributed by atoms with Crippen molar-refractivity contribution in [1.29, 1.82) is 0 Å². The van der Waals surface area contributed by atoms with E-state index in [-0.39, 0.29) is 27.8 Å². The number of nitro benzene ring substituents is 1. The van der Waals surface area contributed by atoms with Crippen molar-refractivity contribution in [2.24, 2.45) is 0 Å². The molecule has 0 aliphatic carbocycles. The van der Waals surface area contributed by atoms with Crippen molar-refractivity contribution in [3.8, 4) is 11.3 Å². The van der Waals surface area contributed by atoms with Gasteiger partial charge in [-0.15, -0.1) is 0 Å². The predicted octanol–water partition coefficient (Wildman–Crippen LogP) is 4.69. The fraction of sp³-hybridized carbons (Fsp3) is 0.222. The molecule has 1 atom stereocenters. The molecule has 2 aromatic rings. The number of thioether (sulfide) groups is 1. The number of benzene rings is 1. The van der Waals surface area contributed by atoms with Crippen LogP contribution in [0.15, 0.2) is 45.7 Å². The van der Waals surface area contributed by atoms with Gasteiger partial charge in [0.2, 0.25) is 0 Å². The van der Waals surface area contributed by atoms with Crippen LogP contribution in [0.5, 0.6) is 0 Å². The van der Waals surface area contributed by atoms with Gasteiger partial charge in [-0.1, -0.05) is 19.1 Å². The summed E-state index contributed by atoms with van der Waals surface area (Å²) in [6, 6.07) is 9.30. The molecule has 1 aromatic carbocycles. The zero-order valence-electron chi connectivity index (χ0n) is 14.2. The number of imide groups is 1. The molecule has 1 saturated heterocycles. The van der Waals surface area contributed by atoms with Crippen LogP contribution in [0, 0.1) is 10.1 Å². The monoisotopic (exact) mass is 372 g/mol. The highest BCUT2D eigenvalue weighted by Gasteiger charge is 2.37. The first-order valence-corrected chi connectivity index (χ1v) is 8.84. The topological polar surface area (TPSA) is 93.7 Å². The summed E-state index contributed by atoms with van der Waals surface area (Å²) in [5, 5.41) is 10.8. The summed E-state index contributed by atoms with van der Waals surface area (Å²) in [5.41, 5.74) is 0.287. The van der Waals surface area contributed by atoms with Crippen molar-refractivity contribution in [2.45, 2.75) is 26.3 Å². The lowest BCUT2D eigenvalue weighted by atomic mass is 10.1. The van der Waals surface area contributed by atoms with Crippen molar-refractivity contribution < 1.29 is 18.9 Å². The second-order valence-corrected chi connectivity index (χ2v) is 6.78. The summed E-state index contributed by atoms with van der Waals surface area (Å²) < 4.78 is 5.65. The van der Waals surface area contributed by atoms with Crippen molar-refractivity contribution >= 4 is 34.7 Å². The Morgan fingerprint density at radius 2 is 2.00 bits per heavy atom. The Labute approximate surface area is 153 Å². The van der Waals surface area contributed by atoms with Crippen molar-refractivity contribution in [2.75, 3.05) is 0 Å². The molecule has 3 rings (SSSR count). The molecule has 0 saturated carbocycles. The molecular formula is C18H16N2O5S. The fourth-order valence-corrected chi connectivity index (χ4v) is 3.50. The van der Waals surface area contributed by atoms with E-state index in [4.69, 9.17) is 4.42 Å². The SMILES string of the molecule is CC[C@@H](C)N1C(=O)S/C(=C\c2ccc(-c3ccccc3[N+](=O)[O-])o2)C1=O. The van der Waals surface area contributed by atoms with E-state index in [9.17, 15) is 19.7 Å². The van der Waals surface area contributed by atoms with Crippen LogP contribution in [0.1, 0.15) is 26.0 Å². The second kappa shape index (κ2) is 7.17. The van der Waals surface area contributed by atoms with Gasteiger partial charge in [0.15, 0.2) is 0 Å². The third-order valence-electron chi connectivity index (χ3n) is 4.12. The molecular weight excluding hydrogens is 356 g/mol. The van der Waals surface area contributed by atoms with Crippen LogP contribution in [-0.2, 0) is 4.79 Å². The highest BCUT2D eigenvalue weighted by atomic mass is 32.2. The molecule has 1 aliphatic rings. The molecule has 8 heteroatoms. The summed E-state index contributed by atoms with van der Waals surface area (Å²) in [5.74, 6) is 0.329. The molecule has 0 bridgehead atoms. The second-order valence-electron chi connectivity index (χ2n) is 5.79. The number of hydrogen-bond acceptors (Lipinski definition) is 6. The van der Waals surface area contributed by atoms with E-state index >= 15 is 0 Å². The first-order chi connectivity index (χ1) is 12.4. The van der Waals surface area contributed by atoms with Crippen LogP contribution >= 0.6 is 11.8 Å². The summed E-state index contributed by atoms with van der Waals surface area (Å²) in [4.78, 5) is 36.7. The third kappa shape index (κ3) is 3.28. The van der Waals surface area contributed by atoms with E-state index in [1.165, 1.54) is 17.0 Å². The molecule has 7 nitrogen and oxygen atoms in total. The Bertz CT molecular complexity index is 918. The van der Waals surface area contributed by atoms with Crippen molar-refractivity contribution in [3.05, 3.63) is 57.2 Å². The standard InChI is InChI=1S/C18H16N2O5S/c1-3-11(2)19-17(21)16(26-18(19)22)10-12-8-9-15(25-12)13-6-4-5-7-14(13)20(23)24/h4-11H,3H2,1-2H3/b16-10-/t11-/m1/s1. The van der Waals surface area contributed by atoms with E-state index in [2.05, 4.69) is 0 Å². The highest BCUT2D eigenvalue weighted by molar-refractivity contribution is 8.18. The molecule has 2 heterocycles. The summed E-state index contributed by atoms with van der Waals surface area (Å²) in [6.45, 7) is 3.72. The minimum Gasteiger partial charge on any atom is -0.456 e. The van der Waals surface area contributed by atoms with E-state index in [1.807, 2.05) is 13.8 Å². The fourth-order valence-electron chi connectivity index (χ4n) is 2.59. The smallest absolute Gasteiger partial charge is 0.293 e. The number of carbonyl (C=O) groups excluding carboxylic acids is 2. The van der Waals surface area contributed by atoms with Gasteiger partial charge < -0.3 is 4.42 Å². The number of hydrogen-bond donors (Lipinski definition) is 0. The third-order valence-corrected chi connectivity index (χ3v) is 5.01. The number of amides is 2. The first kappa shape index (κ1) is 17.9. The van der Waals surface area contributed by atoms with E-state index < -0.39 is 4.92 Å². The Hall–Kier alpha value is -2.87. The minimum absolute atomic E-state index is 0.0644. The highest BCUT2D eigenvalue weighted by Crippen LogP contribution is 2.36. The molecule has 0 radical (unpaired) electrons. The normalized spacial score (nSPS) is 17.2. The number of carbonyl (C=O) groups is 2. The average Bonchev–Trinajstić information content (AvgIpc) is 3.19. The molecule has 0 N–H and O–H groups in total. The van der Waals surface area contributed by atoms with Gasteiger partial charge in [-0.3, -0.25) is 24.6 Å². The van der Waals surface area contributed by atoms with E-state index in [0.717, 1.165) is 11.8 Å². The molecule has 0 spiro atoms. The first-order valence-electron chi connectivity index (χ1n) is 8.03. The van der Waals surface area contributed by atoms with Gasteiger partial charge in [0.1, 0.15) is 11.5 Å². The number of para-hydroxylation sites is 1.